The van der Waals surface area contributed by atoms with E-state index in [-0.39, 0.29) is 23.5 Å². The van der Waals surface area contributed by atoms with Gasteiger partial charge >= 0.3 is 11.9 Å². The number of aliphatic hydroxyl groups excluding tert-OH is 1. The average Bonchev–Trinajstić information content (AvgIpc) is 3.34. The van der Waals surface area contributed by atoms with Gasteiger partial charge in [0, 0.05) is 18.1 Å². The Bertz CT molecular complexity index is 1230. The number of rotatable bonds is 12. The van der Waals surface area contributed by atoms with E-state index >= 15 is 0 Å². The molecule has 3 heterocycles. The third-order valence-electron chi connectivity index (χ3n) is 5.56. The van der Waals surface area contributed by atoms with Crippen LogP contribution in [0.3, 0.4) is 0 Å². The second kappa shape index (κ2) is 12.8. The molecule has 2 aromatic rings. The summed E-state index contributed by atoms with van der Waals surface area (Å²) in [5.41, 5.74) is 0.739. The first kappa shape index (κ1) is 29.1. The molecular weight excluding hydrogens is 542 g/mol. The molecule has 17 heteroatoms. The van der Waals surface area contributed by atoms with E-state index in [9.17, 15) is 29.4 Å². The predicted octanol–water partition coefficient (Wildman–Crippen LogP) is -1.91. The van der Waals surface area contributed by atoms with Gasteiger partial charge in [-0.2, -0.15) is 0 Å². The highest BCUT2D eigenvalue weighted by Gasteiger charge is 2.54. The van der Waals surface area contributed by atoms with Gasteiger partial charge in [-0.15, -0.1) is 16.9 Å². The topological polar surface area (TPSA) is 231 Å². The Kier molecular flexibility index (Phi) is 9.81. The predicted molar refractivity (Wildman–Crippen MR) is 134 cm³/mol. The number of tetrazole rings is 1. The first-order valence-electron chi connectivity index (χ1n) is 11.0. The molecule has 7 N–H and O–H groups in total. The van der Waals surface area contributed by atoms with Crippen LogP contribution in [0.2, 0.25) is 0 Å². The van der Waals surface area contributed by atoms with Crippen LogP contribution in [-0.2, 0) is 25.7 Å². The number of carboxylic acid groups (broad SMARTS) is 2. The molecular formula is C21H25N7O8S2. The number of nitrogens with zero attached hydrogens (tertiary/aromatic N) is 5. The molecule has 2 aliphatic heterocycles. The van der Waals surface area contributed by atoms with Crippen molar-refractivity contribution >= 4 is 47.3 Å². The highest BCUT2D eigenvalue weighted by molar-refractivity contribution is 8.01. The zero-order valence-corrected chi connectivity index (χ0v) is 21.3. The maximum Gasteiger partial charge on any atom is 0.352 e. The van der Waals surface area contributed by atoms with Gasteiger partial charge in [-0.25, -0.2) is 9.48 Å². The van der Waals surface area contributed by atoms with Crippen molar-refractivity contribution in [1.29, 1.82) is 0 Å². The summed E-state index contributed by atoms with van der Waals surface area (Å²) in [6.07, 6.45) is -1.46. The summed E-state index contributed by atoms with van der Waals surface area (Å²) >= 11 is 2.51. The van der Waals surface area contributed by atoms with Crippen LogP contribution >= 0.6 is 23.5 Å². The van der Waals surface area contributed by atoms with Gasteiger partial charge in [0.2, 0.25) is 5.16 Å². The molecule has 3 atom stereocenters. The van der Waals surface area contributed by atoms with Gasteiger partial charge in [0.25, 0.3) is 11.8 Å². The molecule has 0 radical (unpaired) electrons. The van der Waals surface area contributed by atoms with E-state index in [0.717, 1.165) is 4.90 Å². The van der Waals surface area contributed by atoms with Crippen molar-refractivity contribution in [1.82, 2.24) is 35.7 Å². The van der Waals surface area contributed by atoms with Crippen LogP contribution in [0.25, 0.3) is 0 Å². The van der Waals surface area contributed by atoms with Crippen LogP contribution in [0.1, 0.15) is 11.7 Å². The fourth-order valence-corrected chi connectivity index (χ4v) is 6.17. The fourth-order valence-electron chi connectivity index (χ4n) is 3.79. The van der Waals surface area contributed by atoms with Crippen molar-refractivity contribution in [3.63, 3.8) is 0 Å². The van der Waals surface area contributed by atoms with Crippen LogP contribution in [0, 0.1) is 0 Å². The standard InChI is InChI=1S/C21H23N7O7S2.H2O/c29-13(30)8-22-6-7-27-21(24-25-26-27)37-10-12-9-36-19-14(18(33)28(19)15(12)20(34)35)23-17(32)16(31)11-4-2-1-3-5-11;/h1-5,14,16,19,22,31H,6-10H2,(H,23,32)(H,29,30)(H,34,35);1H2/t14?,16-,19-;/m1./s1. The van der Waals surface area contributed by atoms with Gasteiger partial charge in [0.15, 0.2) is 6.10 Å². The third-order valence-corrected chi connectivity index (χ3v) is 7.95. The van der Waals surface area contributed by atoms with Crippen LogP contribution in [0.5, 0.6) is 0 Å². The van der Waals surface area contributed by atoms with E-state index in [1.165, 1.54) is 28.2 Å². The number of aliphatic hydroxyl groups is 1. The molecule has 1 fully saturated rings. The Hall–Kier alpha value is -3.51. The lowest BCUT2D eigenvalue weighted by Crippen LogP contribution is -2.70. The average molecular weight is 568 g/mol. The second-order valence-corrected chi connectivity index (χ2v) is 10.1. The van der Waals surface area contributed by atoms with Crippen LogP contribution < -0.4 is 10.6 Å². The number of nitrogens with one attached hydrogen (secondary N) is 2. The number of aliphatic carboxylic acids is 2. The minimum Gasteiger partial charge on any atom is -0.480 e. The SMILES string of the molecule is O.O=C(O)CNCCn1nnnc1SCC1=C(C(=O)O)N2C(=O)C(NC(=O)[C@H](O)c3ccccc3)[C@H]2SC1. The molecule has 0 aliphatic carbocycles. The quantitative estimate of drug-likeness (QED) is 0.107. The molecule has 38 heavy (non-hydrogen) atoms. The van der Waals surface area contributed by atoms with Crippen molar-refractivity contribution in [3.8, 4) is 0 Å². The number of aromatic nitrogens is 4. The molecule has 1 saturated heterocycles. The molecule has 1 unspecified atom stereocenters. The molecule has 204 valence electrons. The van der Waals surface area contributed by atoms with E-state index in [2.05, 4.69) is 26.2 Å². The lowest BCUT2D eigenvalue weighted by Gasteiger charge is -2.49. The number of carbonyl (C=O) groups excluding carboxylic acids is 2. The minimum absolute atomic E-state index is 0. The van der Waals surface area contributed by atoms with Crippen LogP contribution in [-0.4, -0.2) is 106 Å². The smallest absolute Gasteiger partial charge is 0.352 e. The molecule has 1 aromatic carbocycles. The zero-order chi connectivity index (χ0) is 26.5. The molecule has 2 amide bonds. The van der Waals surface area contributed by atoms with Crippen molar-refractivity contribution in [3.05, 3.63) is 47.2 Å². The summed E-state index contributed by atoms with van der Waals surface area (Å²) in [7, 11) is 0. The molecule has 0 bridgehead atoms. The van der Waals surface area contributed by atoms with Crippen molar-refractivity contribution in [2.24, 2.45) is 0 Å². The lowest BCUT2D eigenvalue weighted by atomic mass is 10.0. The second-order valence-electron chi connectivity index (χ2n) is 8.01. The first-order valence-corrected chi connectivity index (χ1v) is 13.1. The molecule has 15 nitrogen and oxygen atoms in total. The molecule has 1 aromatic heterocycles. The first-order chi connectivity index (χ1) is 17.8. The van der Waals surface area contributed by atoms with E-state index in [1.54, 1.807) is 30.3 Å². The maximum absolute atomic E-state index is 12.9. The number of hydrogen-bond donors (Lipinski definition) is 5. The van der Waals surface area contributed by atoms with Gasteiger partial charge < -0.3 is 31.4 Å². The maximum atomic E-state index is 12.9. The fraction of sp³-hybridized carbons (Fsp3) is 0.381. The van der Waals surface area contributed by atoms with Crippen molar-refractivity contribution in [2.75, 3.05) is 24.6 Å². The molecule has 4 rings (SSSR count). The Balaban J connectivity index is 0.00000400. The number of fused-ring (bicyclic) bond motifs is 1. The summed E-state index contributed by atoms with van der Waals surface area (Å²) < 4.78 is 1.47. The zero-order valence-electron chi connectivity index (χ0n) is 19.7. The Labute approximate surface area is 223 Å². The molecule has 0 saturated carbocycles. The number of benzene rings is 1. The minimum atomic E-state index is -1.46. The molecule has 2 aliphatic rings. The summed E-state index contributed by atoms with van der Waals surface area (Å²) in [4.78, 5) is 49.2. The highest BCUT2D eigenvalue weighted by Crippen LogP contribution is 2.41. The summed E-state index contributed by atoms with van der Waals surface area (Å²) in [6, 6.07) is 7.33. The van der Waals surface area contributed by atoms with Gasteiger partial charge in [0.05, 0.1) is 13.1 Å². The van der Waals surface area contributed by atoms with E-state index in [4.69, 9.17) is 5.11 Å². The monoisotopic (exact) mass is 567 g/mol. The Morgan fingerprint density at radius 3 is 2.63 bits per heavy atom. The van der Waals surface area contributed by atoms with Gasteiger partial charge in [-0.05, 0) is 21.6 Å². The third kappa shape index (κ3) is 6.30. The van der Waals surface area contributed by atoms with Gasteiger partial charge in [-0.3, -0.25) is 19.3 Å². The molecule has 0 spiro atoms. The Morgan fingerprint density at radius 1 is 1.21 bits per heavy atom. The van der Waals surface area contributed by atoms with Gasteiger partial charge in [0.1, 0.15) is 17.1 Å². The Morgan fingerprint density at radius 2 is 1.95 bits per heavy atom. The normalized spacial score (nSPS) is 19.2. The van der Waals surface area contributed by atoms with Gasteiger partial charge in [-0.1, -0.05) is 42.1 Å². The number of amides is 2. The lowest BCUT2D eigenvalue weighted by molar-refractivity contribution is -0.151. The summed E-state index contributed by atoms with van der Waals surface area (Å²) in [5.74, 6) is -3.05. The number of carboxylic acids is 2. The van der Waals surface area contributed by atoms with Crippen molar-refractivity contribution in [2.45, 2.75) is 29.2 Å². The highest BCUT2D eigenvalue weighted by atomic mass is 32.2. The number of hydrogen-bond acceptors (Lipinski definition) is 11. The van der Waals surface area contributed by atoms with Crippen LogP contribution in [0.4, 0.5) is 0 Å². The van der Waals surface area contributed by atoms with Crippen molar-refractivity contribution < 1.29 is 40.0 Å². The van der Waals surface area contributed by atoms with E-state index in [0.29, 0.717) is 35.1 Å². The largest absolute Gasteiger partial charge is 0.480 e. The number of thioether (sulfide) groups is 2. The van der Waals surface area contributed by atoms with E-state index in [1.807, 2.05) is 0 Å². The van der Waals surface area contributed by atoms with Crippen LogP contribution in [0.15, 0.2) is 46.8 Å². The number of β-lactam (4-membered cyclic amide) rings is 1. The number of carbonyl (C=O) groups is 4. The summed E-state index contributed by atoms with van der Waals surface area (Å²) in [6.45, 7) is 0.430. The van der Waals surface area contributed by atoms with E-state index < -0.39 is 41.3 Å². The summed E-state index contributed by atoms with van der Waals surface area (Å²) in [5, 5.41) is 45.3.